The first kappa shape index (κ1) is 17.1. The van der Waals surface area contributed by atoms with Gasteiger partial charge in [-0.25, -0.2) is 8.42 Å². The minimum Gasteiger partial charge on any atom is -0.207 e. The van der Waals surface area contributed by atoms with Crippen LogP contribution in [0.3, 0.4) is 0 Å². The third kappa shape index (κ3) is 3.72. The van der Waals surface area contributed by atoms with E-state index in [1.165, 1.54) is 18.2 Å². The fraction of sp³-hybridized carbons (Fsp3) is 0.500. The minimum atomic E-state index is -4.39. The average molecular weight is 407 g/mol. The lowest BCUT2D eigenvalue weighted by Crippen LogP contribution is -2.44. The molecule has 0 aliphatic carbocycles. The number of sulfonamides is 1. The summed E-state index contributed by atoms with van der Waals surface area (Å²) < 4.78 is 64.7. The molecule has 0 radical (unpaired) electrons. The molecule has 1 aromatic rings. The summed E-state index contributed by atoms with van der Waals surface area (Å²) in [4.78, 5) is -0.171. The van der Waals surface area contributed by atoms with Gasteiger partial charge in [0.25, 0.3) is 0 Å². The second kappa shape index (κ2) is 6.06. The van der Waals surface area contributed by atoms with Crippen LogP contribution < -0.4 is 0 Å². The molecule has 1 fully saturated rings. The molecule has 9 heteroatoms. The van der Waals surface area contributed by atoms with E-state index in [9.17, 15) is 21.6 Å². The van der Waals surface area contributed by atoms with Crippen LogP contribution in [0.25, 0.3) is 0 Å². The highest BCUT2D eigenvalue weighted by Crippen LogP contribution is 2.36. The third-order valence-electron chi connectivity index (χ3n) is 3.36. The zero-order valence-corrected chi connectivity index (χ0v) is 13.9. The van der Waals surface area contributed by atoms with Gasteiger partial charge in [-0.1, -0.05) is 27.5 Å². The van der Waals surface area contributed by atoms with E-state index in [-0.39, 0.29) is 29.3 Å². The van der Waals surface area contributed by atoms with Crippen LogP contribution in [0.4, 0.5) is 13.2 Å². The summed E-state index contributed by atoms with van der Waals surface area (Å²) in [5.41, 5.74) is 0. The lowest BCUT2D eigenvalue weighted by molar-refractivity contribution is -0.182. The second-order valence-electron chi connectivity index (χ2n) is 4.82. The molecule has 21 heavy (non-hydrogen) atoms. The molecule has 1 atom stereocenters. The quantitative estimate of drug-likeness (QED) is 0.742. The van der Waals surface area contributed by atoms with E-state index in [0.717, 1.165) is 4.31 Å². The molecule has 0 amide bonds. The summed E-state index contributed by atoms with van der Waals surface area (Å²) in [6.07, 6.45) is -4.27. The zero-order chi connectivity index (χ0) is 15.8. The van der Waals surface area contributed by atoms with Crippen LogP contribution in [0.5, 0.6) is 0 Å². The SMILES string of the molecule is O=S(=O)(c1ccc(Br)cc1Cl)N1CCCC(C(F)(F)F)C1. The highest BCUT2D eigenvalue weighted by Gasteiger charge is 2.44. The van der Waals surface area contributed by atoms with E-state index in [0.29, 0.717) is 4.47 Å². The molecule has 0 aromatic heterocycles. The molecule has 0 bridgehead atoms. The van der Waals surface area contributed by atoms with E-state index in [4.69, 9.17) is 11.6 Å². The maximum atomic E-state index is 12.8. The maximum Gasteiger partial charge on any atom is 0.393 e. The van der Waals surface area contributed by atoms with Gasteiger partial charge in [-0.2, -0.15) is 17.5 Å². The van der Waals surface area contributed by atoms with E-state index >= 15 is 0 Å². The molecular weight excluding hydrogens is 395 g/mol. The first-order valence-corrected chi connectivity index (χ1v) is 8.75. The highest BCUT2D eigenvalue weighted by atomic mass is 79.9. The Hall–Kier alpha value is -0.310. The molecule has 118 valence electrons. The molecule has 1 aliphatic heterocycles. The van der Waals surface area contributed by atoms with Crippen LogP contribution in [0, 0.1) is 5.92 Å². The summed E-state index contributed by atoms with van der Waals surface area (Å²) in [5, 5.41) is -0.0153. The Morgan fingerprint density at radius 1 is 1.33 bits per heavy atom. The van der Waals surface area contributed by atoms with Crippen LogP contribution >= 0.6 is 27.5 Å². The van der Waals surface area contributed by atoms with Crippen molar-refractivity contribution in [3.8, 4) is 0 Å². The molecule has 0 N–H and O–H groups in total. The van der Waals surface area contributed by atoms with Gasteiger partial charge in [0, 0.05) is 17.6 Å². The van der Waals surface area contributed by atoms with Gasteiger partial charge in [-0.15, -0.1) is 0 Å². The monoisotopic (exact) mass is 405 g/mol. The molecule has 1 unspecified atom stereocenters. The maximum absolute atomic E-state index is 12.8. The number of hydrogen-bond acceptors (Lipinski definition) is 2. The van der Waals surface area contributed by atoms with Crippen LogP contribution in [0.15, 0.2) is 27.6 Å². The summed E-state index contributed by atoms with van der Waals surface area (Å²) in [6, 6.07) is 4.18. The third-order valence-corrected chi connectivity index (χ3v) is 6.20. The number of rotatable bonds is 2. The first-order chi connectivity index (χ1) is 9.62. The van der Waals surface area contributed by atoms with Crippen LogP contribution in [0.1, 0.15) is 12.8 Å². The van der Waals surface area contributed by atoms with Crippen molar-refractivity contribution in [1.29, 1.82) is 0 Å². The Bertz CT molecular complexity index is 636. The van der Waals surface area contributed by atoms with E-state index in [1.807, 2.05) is 0 Å². The van der Waals surface area contributed by atoms with Crippen molar-refractivity contribution in [2.45, 2.75) is 23.9 Å². The first-order valence-electron chi connectivity index (χ1n) is 6.14. The Morgan fingerprint density at radius 3 is 2.57 bits per heavy atom. The smallest absolute Gasteiger partial charge is 0.207 e. The number of piperidine rings is 1. The fourth-order valence-corrected chi connectivity index (χ4v) is 4.79. The second-order valence-corrected chi connectivity index (χ2v) is 8.05. The van der Waals surface area contributed by atoms with E-state index in [2.05, 4.69) is 15.9 Å². The van der Waals surface area contributed by atoms with Gasteiger partial charge in [0.05, 0.1) is 10.9 Å². The zero-order valence-electron chi connectivity index (χ0n) is 10.7. The van der Waals surface area contributed by atoms with Crippen molar-refractivity contribution in [3.63, 3.8) is 0 Å². The molecule has 3 nitrogen and oxygen atoms in total. The highest BCUT2D eigenvalue weighted by molar-refractivity contribution is 9.10. The normalized spacial score (nSPS) is 21.5. The summed E-state index contributed by atoms with van der Waals surface area (Å²) in [7, 11) is -4.02. The molecule has 0 saturated carbocycles. The van der Waals surface area contributed by atoms with E-state index in [1.54, 1.807) is 0 Å². The standard InChI is InChI=1S/C12H12BrClF3NO2S/c13-9-3-4-11(10(14)6-9)21(19,20)18-5-1-2-8(7-18)12(15,16)17/h3-4,6,8H,1-2,5,7H2. The topological polar surface area (TPSA) is 37.4 Å². The number of halogens is 5. The van der Waals surface area contributed by atoms with Crippen molar-refractivity contribution < 1.29 is 21.6 Å². The van der Waals surface area contributed by atoms with Crippen LogP contribution in [0.2, 0.25) is 5.02 Å². The molecular formula is C12H12BrClF3NO2S. The van der Waals surface area contributed by atoms with Crippen molar-refractivity contribution in [2.24, 2.45) is 5.92 Å². The molecule has 1 aliphatic rings. The molecule has 1 heterocycles. The van der Waals surface area contributed by atoms with Gasteiger partial charge in [-0.3, -0.25) is 0 Å². The molecule has 2 rings (SSSR count). The van der Waals surface area contributed by atoms with Crippen molar-refractivity contribution in [2.75, 3.05) is 13.1 Å². The number of benzene rings is 1. The van der Waals surface area contributed by atoms with Gasteiger partial charge < -0.3 is 0 Å². The van der Waals surface area contributed by atoms with Gasteiger partial charge in [0.15, 0.2) is 0 Å². The fourth-order valence-electron chi connectivity index (χ4n) is 2.25. The largest absolute Gasteiger partial charge is 0.393 e. The average Bonchev–Trinajstić information content (AvgIpc) is 2.37. The lowest BCUT2D eigenvalue weighted by Gasteiger charge is -2.33. The minimum absolute atomic E-state index is 0.0153. The predicted octanol–water partition coefficient (Wildman–Crippen LogP) is 4.07. The van der Waals surface area contributed by atoms with Crippen molar-refractivity contribution >= 4 is 37.6 Å². The van der Waals surface area contributed by atoms with Crippen molar-refractivity contribution in [3.05, 3.63) is 27.7 Å². The molecule has 0 spiro atoms. The number of alkyl halides is 3. The summed E-state index contributed by atoms with van der Waals surface area (Å²) >= 11 is 9.05. The summed E-state index contributed by atoms with van der Waals surface area (Å²) in [6.45, 7) is -0.487. The van der Waals surface area contributed by atoms with E-state index < -0.39 is 28.7 Å². The van der Waals surface area contributed by atoms with Crippen molar-refractivity contribution in [1.82, 2.24) is 4.31 Å². The number of nitrogens with zero attached hydrogens (tertiary/aromatic N) is 1. The number of hydrogen-bond donors (Lipinski definition) is 0. The summed E-state index contributed by atoms with van der Waals surface area (Å²) in [5.74, 6) is -1.63. The van der Waals surface area contributed by atoms with Gasteiger partial charge in [0.2, 0.25) is 10.0 Å². The Kier molecular flexibility index (Phi) is 4.92. The lowest BCUT2D eigenvalue weighted by atomic mass is 9.99. The van der Waals surface area contributed by atoms with Gasteiger partial charge >= 0.3 is 6.18 Å². The van der Waals surface area contributed by atoms with Crippen LogP contribution in [-0.4, -0.2) is 32.0 Å². The van der Waals surface area contributed by atoms with Gasteiger partial charge in [-0.05, 0) is 31.0 Å². The van der Waals surface area contributed by atoms with Gasteiger partial charge in [0.1, 0.15) is 4.90 Å². The molecule has 1 saturated heterocycles. The Morgan fingerprint density at radius 2 is 2.00 bits per heavy atom. The van der Waals surface area contributed by atoms with Crippen LogP contribution in [-0.2, 0) is 10.0 Å². The molecule has 1 aromatic carbocycles. The Balaban J connectivity index is 2.31. The Labute approximate surface area is 134 Å². The predicted molar refractivity (Wildman–Crippen MR) is 76.7 cm³/mol.